The lowest BCUT2D eigenvalue weighted by Gasteiger charge is -2.32. The van der Waals surface area contributed by atoms with Gasteiger partial charge in [0.25, 0.3) is 17.4 Å². The standard InChI is InChI=1S/C26H31FN6O4/c1-4-31-13-15(2)33-20-19(22(37-3)21(33)26(31)36)25(35)32-14-16-8-9-17(27)12-18(16)24(34)29-11-7-5-6-10-28-23(20)30-32/h8-9,12,15H,4-7,10-11,13-14H2,1-3H3,(H,28,30)(H,29,34)/t15-/m0/s1. The van der Waals surface area contributed by atoms with Crippen molar-refractivity contribution in [2.45, 2.75) is 45.7 Å². The van der Waals surface area contributed by atoms with Crippen LogP contribution in [0.2, 0.25) is 0 Å². The Kier molecular flexibility index (Phi) is 6.61. The Hall–Kier alpha value is -3.89. The Balaban J connectivity index is 1.77. The molecule has 2 N–H and O–H groups in total. The Labute approximate surface area is 213 Å². The van der Waals surface area contributed by atoms with E-state index in [-0.39, 0.29) is 35.2 Å². The molecule has 2 aromatic heterocycles. The van der Waals surface area contributed by atoms with Crippen LogP contribution in [0.4, 0.5) is 10.2 Å². The number of amides is 2. The minimum Gasteiger partial charge on any atom is -0.493 e. The van der Waals surface area contributed by atoms with Crippen LogP contribution in [0.3, 0.4) is 0 Å². The molecule has 10 nitrogen and oxygen atoms in total. The first-order valence-electron chi connectivity index (χ1n) is 12.7. The minimum absolute atomic E-state index is 0.0548. The molecule has 2 amide bonds. The molecule has 4 heterocycles. The van der Waals surface area contributed by atoms with Crippen LogP contribution < -0.4 is 20.9 Å². The van der Waals surface area contributed by atoms with E-state index in [2.05, 4.69) is 15.7 Å². The molecule has 3 aromatic rings. The lowest BCUT2D eigenvalue weighted by atomic mass is 10.1. The van der Waals surface area contributed by atoms with Crippen LogP contribution in [-0.2, 0) is 6.54 Å². The predicted octanol–water partition coefficient (Wildman–Crippen LogP) is 2.76. The number of nitrogens with zero attached hydrogens (tertiary/aromatic N) is 4. The first kappa shape index (κ1) is 24.8. The summed E-state index contributed by atoms with van der Waals surface area (Å²) in [7, 11) is 1.45. The highest BCUT2D eigenvalue weighted by Gasteiger charge is 2.37. The number of nitrogens with one attached hydrogen (secondary N) is 2. The molecule has 196 valence electrons. The number of hydrogen-bond donors (Lipinski definition) is 2. The molecule has 0 aliphatic carbocycles. The molecular formula is C26H31FN6O4. The van der Waals surface area contributed by atoms with Crippen molar-refractivity contribution in [2.75, 3.05) is 38.6 Å². The number of carbonyl (C=O) groups excluding carboxylic acids is 2. The van der Waals surface area contributed by atoms with Crippen molar-refractivity contribution in [3.05, 3.63) is 51.2 Å². The summed E-state index contributed by atoms with van der Waals surface area (Å²) in [5.74, 6) is -0.451. The van der Waals surface area contributed by atoms with Gasteiger partial charge in [0.05, 0.1) is 13.7 Å². The van der Waals surface area contributed by atoms with Gasteiger partial charge in [0.15, 0.2) is 17.3 Å². The fourth-order valence-corrected chi connectivity index (χ4v) is 5.30. The minimum atomic E-state index is -0.539. The van der Waals surface area contributed by atoms with Crippen LogP contribution in [0.5, 0.6) is 5.75 Å². The molecule has 2 aliphatic rings. The van der Waals surface area contributed by atoms with Crippen LogP contribution in [0.25, 0.3) is 10.9 Å². The molecule has 0 saturated heterocycles. The van der Waals surface area contributed by atoms with E-state index in [4.69, 9.17) is 4.74 Å². The second kappa shape index (κ2) is 9.87. The second-order valence-corrected chi connectivity index (χ2v) is 9.52. The second-order valence-electron chi connectivity index (χ2n) is 9.52. The number of rotatable bonds is 2. The first-order valence-corrected chi connectivity index (χ1v) is 12.7. The van der Waals surface area contributed by atoms with Crippen molar-refractivity contribution in [1.29, 1.82) is 0 Å². The number of fused-ring (bicyclic) bond motifs is 7. The molecule has 5 rings (SSSR count). The van der Waals surface area contributed by atoms with Crippen molar-refractivity contribution in [3.63, 3.8) is 0 Å². The lowest BCUT2D eigenvalue weighted by molar-refractivity contribution is 0.0685. The van der Waals surface area contributed by atoms with E-state index in [0.29, 0.717) is 48.8 Å². The predicted molar refractivity (Wildman–Crippen MR) is 137 cm³/mol. The van der Waals surface area contributed by atoms with Gasteiger partial charge in [-0.05, 0) is 50.8 Å². The third-order valence-corrected chi connectivity index (χ3v) is 7.12. The molecule has 11 heteroatoms. The van der Waals surface area contributed by atoms with Crippen LogP contribution in [0.15, 0.2) is 23.0 Å². The van der Waals surface area contributed by atoms with E-state index < -0.39 is 17.3 Å². The van der Waals surface area contributed by atoms with E-state index in [0.717, 1.165) is 19.3 Å². The summed E-state index contributed by atoms with van der Waals surface area (Å²) in [6.07, 6.45) is 2.43. The highest BCUT2D eigenvalue weighted by Crippen LogP contribution is 2.39. The summed E-state index contributed by atoms with van der Waals surface area (Å²) in [5.41, 5.74) is 1.03. The maximum atomic E-state index is 14.1. The third kappa shape index (κ3) is 4.21. The fraction of sp³-hybridized carbons (Fsp3) is 0.462. The number of halogens is 1. The molecule has 0 saturated carbocycles. The molecule has 0 radical (unpaired) electrons. The molecule has 2 bridgehead atoms. The van der Waals surface area contributed by atoms with Gasteiger partial charge in [-0.15, -0.1) is 5.10 Å². The number of hydrogen-bond acceptors (Lipinski definition) is 6. The average molecular weight is 511 g/mol. The zero-order valence-corrected chi connectivity index (χ0v) is 21.3. The monoisotopic (exact) mass is 510 g/mol. The SMILES string of the molecule is CCN1C[C@H](C)n2c(c(OC)c3c(=O)n4nc(c32)NCCCCCNC(=O)c2cc(F)ccc2C4)C1=O. The van der Waals surface area contributed by atoms with Crippen LogP contribution in [0, 0.1) is 5.82 Å². The van der Waals surface area contributed by atoms with Crippen molar-refractivity contribution in [3.8, 4) is 5.75 Å². The van der Waals surface area contributed by atoms with E-state index >= 15 is 0 Å². The number of methoxy groups -OCH3 is 1. The Bertz CT molecular complexity index is 1450. The molecule has 37 heavy (non-hydrogen) atoms. The summed E-state index contributed by atoms with van der Waals surface area (Å²) in [6, 6.07) is 3.83. The van der Waals surface area contributed by atoms with Crippen LogP contribution in [0.1, 0.15) is 65.6 Å². The molecule has 1 aromatic carbocycles. The molecular weight excluding hydrogens is 479 g/mol. The van der Waals surface area contributed by atoms with Gasteiger partial charge in [-0.1, -0.05) is 6.07 Å². The quantitative estimate of drug-likeness (QED) is 0.549. The Morgan fingerprint density at radius 1 is 1.14 bits per heavy atom. The maximum Gasteiger partial charge on any atom is 0.280 e. The van der Waals surface area contributed by atoms with Crippen molar-refractivity contribution in [2.24, 2.45) is 0 Å². The number of anilines is 1. The summed E-state index contributed by atoms with van der Waals surface area (Å²) in [5, 5.41) is 11.1. The highest BCUT2D eigenvalue weighted by molar-refractivity contribution is 6.07. The van der Waals surface area contributed by atoms with Crippen LogP contribution >= 0.6 is 0 Å². The number of likely N-dealkylation sites (N-methyl/N-ethyl adjacent to an activating group) is 1. The topological polar surface area (TPSA) is 110 Å². The van der Waals surface area contributed by atoms with Crippen molar-refractivity contribution < 1.29 is 18.7 Å². The molecule has 0 spiro atoms. The van der Waals surface area contributed by atoms with Crippen molar-refractivity contribution in [1.82, 2.24) is 24.6 Å². The van der Waals surface area contributed by atoms with Gasteiger partial charge in [-0.2, -0.15) is 0 Å². The zero-order valence-electron chi connectivity index (χ0n) is 21.3. The van der Waals surface area contributed by atoms with E-state index in [1.54, 1.807) is 4.90 Å². The normalized spacial score (nSPS) is 18.5. The van der Waals surface area contributed by atoms with Gasteiger partial charge in [0.2, 0.25) is 0 Å². The molecule has 0 fully saturated rings. The average Bonchev–Trinajstić information content (AvgIpc) is 3.25. The van der Waals surface area contributed by atoms with E-state index in [1.807, 2.05) is 18.4 Å². The largest absolute Gasteiger partial charge is 0.493 e. The molecule has 2 aliphatic heterocycles. The molecule has 0 unspecified atom stereocenters. The lowest BCUT2D eigenvalue weighted by Crippen LogP contribution is -2.42. The maximum absolute atomic E-state index is 14.1. The van der Waals surface area contributed by atoms with Gasteiger partial charge < -0.3 is 24.8 Å². The first-order chi connectivity index (χ1) is 17.8. The summed E-state index contributed by atoms with van der Waals surface area (Å²) in [4.78, 5) is 41.9. The van der Waals surface area contributed by atoms with Gasteiger partial charge in [0, 0.05) is 37.8 Å². The summed E-state index contributed by atoms with van der Waals surface area (Å²) < 4.78 is 22.9. The zero-order chi connectivity index (χ0) is 26.3. The smallest absolute Gasteiger partial charge is 0.280 e. The number of benzene rings is 1. The van der Waals surface area contributed by atoms with Crippen LogP contribution in [-0.4, -0.2) is 64.4 Å². The van der Waals surface area contributed by atoms with Gasteiger partial charge >= 0.3 is 0 Å². The fourth-order valence-electron chi connectivity index (χ4n) is 5.30. The summed E-state index contributed by atoms with van der Waals surface area (Å²) in [6.45, 7) is 5.98. The molecule has 1 atom stereocenters. The van der Waals surface area contributed by atoms with Crippen molar-refractivity contribution >= 4 is 28.5 Å². The van der Waals surface area contributed by atoms with E-state index in [9.17, 15) is 18.8 Å². The number of aromatic nitrogens is 3. The number of carbonyl (C=O) groups is 2. The highest BCUT2D eigenvalue weighted by atomic mass is 19.1. The van der Waals surface area contributed by atoms with E-state index in [1.165, 1.54) is 30.0 Å². The third-order valence-electron chi connectivity index (χ3n) is 7.12. The van der Waals surface area contributed by atoms with Gasteiger partial charge in [-0.3, -0.25) is 14.4 Å². The van der Waals surface area contributed by atoms with Gasteiger partial charge in [-0.25, -0.2) is 9.07 Å². The van der Waals surface area contributed by atoms with Gasteiger partial charge in [0.1, 0.15) is 16.7 Å². The summed E-state index contributed by atoms with van der Waals surface area (Å²) >= 11 is 0. The number of ether oxygens (including phenoxy) is 1. The Morgan fingerprint density at radius 2 is 1.89 bits per heavy atom. The Morgan fingerprint density at radius 3 is 2.62 bits per heavy atom.